The second kappa shape index (κ2) is 6.11. The highest BCUT2D eigenvalue weighted by Crippen LogP contribution is 2.26. The molecule has 1 aliphatic rings. The maximum absolute atomic E-state index is 12.3. The van der Waals surface area contributed by atoms with Crippen LogP contribution in [0.3, 0.4) is 0 Å². The molecule has 0 heterocycles. The number of amides is 1. The van der Waals surface area contributed by atoms with Gasteiger partial charge in [0.1, 0.15) is 0 Å². The molecule has 7 heteroatoms. The minimum atomic E-state index is -3.33. The molecule has 5 nitrogen and oxygen atoms in total. The van der Waals surface area contributed by atoms with Gasteiger partial charge in [-0.3, -0.25) is 4.79 Å². The average Bonchev–Trinajstić information content (AvgIpc) is 2.86. The highest BCUT2D eigenvalue weighted by Gasteiger charge is 2.30. The molecule has 0 spiro atoms. The Morgan fingerprint density at radius 2 is 2.10 bits per heavy atom. The van der Waals surface area contributed by atoms with Gasteiger partial charge in [0.05, 0.1) is 9.88 Å². The van der Waals surface area contributed by atoms with Crippen molar-refractivity contribution in [2.45, 2.75) is 30.2 Å². The largest absolute Gasteiger partial charge is 0.393 e. The zero-order valence-electron chi connectivity index (χ0n) is 11.7. The summed E-state index contributed by atoms with van der Waals surface area (Å²) in [6, 6.07) is 5.94. The SMILES string of the molecule is CS(=O)(=O)c1cccc(C(=O)NC2CCCC2C(N)=S)c1. The average molecular weight is 326 g/mol. The van der Waals surface area contributed by atoms with Gasteiger partial charge in [0, 0.05) is 23.8 Å². The van der Waals surface area contributed by atoms with Crippen LogP contribution in [0.5, 0.6) is 0 Å². The molecule has 21 heavy (non-hydrogen) atoms. The van der Waals surface area contributed by atoms with E-state index in [2.05, 4.69) is 5.32 Å². The molecule has 1 fully saturated rings. The van der Waals surface area contributed by atoms with Crippen LogP contribution in [0.25, 0.3) is 0 Å². The lowest BCUT2D eigenvalue weighted by Crippen LogP contribution is -2.41. The third kappa shape index (κ3) is 3.79. The van der Waals surface area contributed by atoms with E-state index < -0.39 is 9.84 Å². The zero-order chi connectivity index (χ0) is 15.6. The number of carbonyl (C=O) groups excluding carboxylic acids is 1. The summed E-state index contributed by atoms with van der Waals surface area (Å²) >= 11 is 5.02. The first-order valence-corrected chi connectivity index (χ1v) is 8.99. The fourth-order valence-corrected chi connectivity index (χ4v) is 3.54. The molecule has 2 unspecified atom stereocenters. The highest BCUT2D eigenvalue weighted by molar-refractivity contribution is 7.90. The predicted molar refractivity (Wildman–Crippen MR) is 84.9 cm³/mol. The van der Waals surface area contributed by atoms with Gasteiger partial charge in [-0.25, -0.2) is 8.42 Å². The summed E-state index contributed by atoms with van der Waals surface area (Å²) in [5, 5.41) is 2.90. The Bertz CT molecular complexity index is 671. The Balaban J connectivity index is 2.16. The van der Waals surface area contributed by atoms with Gasteiger partial charge in [0.15, 0.2) is 9.84 Å². The molecular weight excluding hydrogens is 308 g/mol. The Labute approximate surface area is 129 Å². The molecule has 0 bridgehead atoms. The number of carbonyl (C=O) groups is 1. The molecule has 0 aliphatic heterocycles. The van der Waals surface area contributed by atoms with Crippen LogP contribution >= 0.6 is 12.2 Å². The molecule has 1 amide bonds. The molecule has 0 aromatic heterocycles. The van der Waals surface area contributed by atoms with Gasteiger partial charge in [-0.2, -0.15) is 0 Å². The summed E-state index contributed by atoms with van der Waals surface area (Å²) in [6.45, 7) is 0. The second-order valence-electron chi connectivity index (χ2n) is 5.32. The van der Waals surface area contributed by atoms with Crippen molar-refractivity contribution in [3.8, 4) is 0 Å². The van der Waals surface area contributed by atoms with E-state index in [4.69, 9.17) is 18.0 Å². The van der Waals surface area contributed by atoms with Crippen LogP contribution in [0.4, 0.5) is 0 Å². The van der Waals surface area contributed by atoms with Gasteiger partial charge in [-0.15, -0.1) is 0 Å². The summed E-state index contributed by atoms with van der Waals surface area (Å²) in [6.07, 6.45) is 3.80. The first kappa shape index (κ1) is 15.9. The first-order chi connectivity index (χ1) is 9.79. The van der Waals surface area contributed by atoms with Gasteiger partial charge in [-0.1, -0.05) is 24.7 Å². The van der Waals surface area contributed by atoms with E-state index in [1.54, 1.807) is 12.1 Å². The Kier molecular flexibility index (Phi) is 4.63. The lowest BCUT2D eigenvalue weighted by atomic mass is 10.0. The van der Waals surface area contributed by atoms with Crippen molar-refractivity contribution >= 4 is 33.0 Å². The molecule has 1 aliphatic carbocycles. The van der Waals surface area contributed by atoms with Gasteiger partial charge in [-0.05, 0) is 31.0 Å². The van der Waals surface area contributed by atoms with E-state index in [9.17, 15) is 13.2 Å². The van der Waals surface area contributed by atoms with Gasteiger partial charge >= 0.3 is 0 Å². The summed E-state index contributed by atoms with van der Waals surface area (Å²) in [7, 11) is -3.33. The molecular formula is C14H18N2O3S2. The van der Waals surface area contributed by atoms with Gasteiger partial charge in [0.2, 0.25) is 0 Å². The number of nitrogens with two attached hydrogens (primary N) is 1. The van der Waals surface area contributed by atoms with Crippen molar-refractivity contribution in [3.63, 3.8) is 0 Å². The van der Waals surface area contributed by atoms with Crippen LogP contribution in [-0.2, 0) is 9.84 Å². The van der Waals surface area contributed by atoms with Crippen molar-refractivity contribution in [1.82, 2.24) is 5.32 Å². The number of sulfone groups is 1. The lowest BCUT2D eigenvalue weighted by Gasteiger charge is -2.20. The predicted octanol–water partition coefficient (Wildman–Crippen LogP) is 1.27. The summed E-state index contributed by atoms with van der Waals surface area (Å²) < 4.78 is 23.1. The van der Waals surface area contributed by atoms with E-state index in [1.807, 2.05) is 0 Å². The fourth-order valence-electron chi connectivity index (χ4n) is 2.59. The molecule has 0 radical (unpaired) electrons. The fraction of sp³-hybridized carbons (Fsp3) is 0.429. The van der Waals surface area contributed by atoms with E-state index >= 15 is 0 Å². The number of hydrogen-bond acceptors (Lipinski definition) is 4. The third-order valence-electron chi connectivity index (χ3n) is 3.72. The van der Waals surface area contributed by atoms with Gasteiger partial charge < -0.3 is 11.1 Å². The monoisotopic (exact) mass is 326 g/mol. The Hall–Kier alpha value is -1.47. The Morgan fingerprint density at radius 3 is 2.71 bits per heavy atom. The van der Waals surface area contributed by atoms with Crippen LogP contribution in [0.15, 0.2) is 29.2 Å². The maximum Gasteiger partial charge on any atom is 0.251 e. The van der Waals surface area contributed by atoms with Crippen molar-refractivity contribution in [2.75, 3.05) is 6.26 Å². The second-order valence-corrected chi connectivity index (χ2v) is 7.81. The molecule has 2 atom stereocenters. The minimum Gasteiger partial charge on any atom is -0.393 e. The Morgan fingerprint density at radius 1 is 1.38 bits per heavy atom. The van der Waals surface area contributed by atoms with E-state index in [-0.39, 0.29) is 22.8 Å². The third-order valence-corrected chi connectivity index (χ3v) is 5.14. The van der Waals surface area contributed by atoms with Crippen LogP contribution < -0.4 is 11.1 Å². The molecule has 2 rings (SSSR count). The quantitative estimate of drug-likeness (QED) is 0.814. The number of thiocarbonyl (C=S) groups is 1. The highest BCUT2D eigenvalue weighted by atomic mass is 32.2. The molecule has 1 aromatic carbocycles. The number of nitrogens with one attached hydrogen (secondary N) is 1. The van der Waals surface area contributed by atoms with Crippen LogP contribution in [0, 0.1) is 5.92 Å². The summed E-state index contributed by atoms with van der Waals surface area (Å²) in [4.78, 5) is 12.8. The van der Waals surface area contributed by atoms with Crippen LogP contribution in [0.1, 0.15) is 29.6 Å². The summed E-state index contributed by atoms with van der Waals surface area (Å²) in [5.41, 5.74) is 6.01. The maximum atomic E-state index is 12.3. The smallest absolute Gasteiger partial charge is 0.251 e. The zero-order valence-corrected chi connectivity index (χ0v) is 13.3. The molecule has 0 saturated heterocycles. The van der Waals surface area contributed by atoms with E-state index in [0.29, 0.717) is 10.6 Å². The molecule has 1 saturated carbocycles. The van der Waals surface area contributed by atoms with Crippen LogP contribution in [-0.4, -0.2) is 31.6 Å². The van der Waals surface area contributed by atoms with Crippen molar-refractivity contribution in [3.05, 3.63) is 29.8 Å². The number of rotatable bonds is 4. The minimum absolute atomic E-state index is 0.0158. The van der Waals surface area contributed by atoms with Crippen LogP contribution in [0.2, 0.25) is 0 Å². The topological polar surface area (TPSA) is 89.3 Å². The normalized spacial score (nSPS) is 22.0. The first-order valence-electron chi connectivity index (χ1n) is 6.69. The van der Waals surface area contributed by atoms with Crippen molar-refractivity contribution in [2.24, 2.45) is 11.7 Å². The van der Waals surface area contributed by atoms with E-state index in [1.165, 1.54) is 12.1 Å². The lowest BCUT2D eigenvalue weighted by molar-refractivity contribution is 0.0933. The molecule has 1 aromatic rings. The van der Waals surface area contributed by atoms with E-state index in [0.717, 1.165) is 25.5 Å². The van der Waals surface area contributed by atoms with Crippen molar-refractivity contribution < 1.29 is 13.2 Å². The van der Waals surface area contributed by atoms with Gasteiger partial charge in [0.25, 0.3) is 5.91 Å². The molecule has 3 N–H and O–H groups in total. The standard InChI is InChI=1S/C14H18N2O3S2/c1-21(18,19)10-5-2-4-9(8-10)14(17)16-12-7-3-6-11(12)13(15)20/h2,4-5,8,11-12H,3,6-7H2,1H3,(H2,15,20)(H,16,17). The van der Waals surface area contributed by atoms with Crippen molar-refractivity contribution in [1.29, 1.82) is 0 Å². The number of hydrogen-bond donors (Lipinski definition) is 2. The molecule has 114 valence electrons. The number of benzene rings is 1. The summed E-state index contributed by atoms with van der Waals surface area (Å²) in [5.74, 6) is -0.282.